The van der Waals surface area contributed by atoms with Crippen LogP contribution < -0.4 is 0 Å². The largest absolute Gasteiger partial charge is 0.291 e. The van der Waals surface area contributed by atoms with Crippen molar-refractivity contribution in [3.8, 4) is 22.4 Å². The number of imidazole rings is 1. The van der Waals surface area contributed by atoms with E-state index in [2.05, 4.69) is 101 Å². The molecule has 36 heavy (non-hydrogen) atoms. The quantitative estimate of drug-likeness (QED) is 0.236. The predicted octanol–water partition coefficient (Wildman–Crippen LogP) is 8.13. The summed E-state index contributed by atoms with van der Waals surface area (Å²) in [6.07, 6.45) is 3.91. The summed E-state index contributed by atoms with van der Waals surface area (Å²) in [5, 5.41) is 3.41. The van der Waals surface area contributed by atoms with Gasteiger partial charge in [-0.3, -0.25) is 9.38 Å². The first kappa shape index (κ1) is 19.7. The summed E-state index contributed by atoms with van der Waals surface area (Å²) in [5.41, 5.74) is 8.34. The van der Waals surface area contributed by atoms with E-state index in [1.54, 1.807) is 11.3 Å². The molecule has 4 nitrogen and oxygen atoms in total. The number of aromatic nitrogens is 4. The molecule has 3 aromatic carbocycles. The van der Waals surface area contributed by atoms with E-state index in [9.17, 15) is 0 Å². The fourth-order valence-corrected chi connectivity index (χ4v) is 6.17. The number of benzene rings is 3. The second-order valence-corrected chi connectivity index (χ2v) is 10.0. The Labute approximate surface area is 210 Å². The Morgan fingerprint density at radius 1 is 0.611 bits per heavy atom. The first-order chi connectivity index (χ1) is 17.8. The van der Waals surface area contributed by atoms with Gasteiger partial charge in [0.15, 0.2) is 0 Å². The average molecular weight is 479 g/mol. The maximum absolute atomic E-state index is 4.99. The van der Waals surface area contributed by atoms with E-state index in [4.69, 9.17) is 9.97 Å². The molecule has 0 radical (unpaired) electrons. The third kappa shape index (κ3) is 2.90. The second kappa shape index (κ2) is 7.44. The zero-order chi connectivity index (χ0) is 23.6. The van der Waals surface area contributed by atoms with Gasteiger partial charge in [0.25, 0.3) is 0 Å². The van der Waals surface area contributed by atoms with Gasteiger partial charge in [0.2, 0.25) is 0 Å². The molecule has 0 atom stereocenters. The first-order valence-electron chi connectivity index (χ1n) is 11.9. The van der Waals surface area contributed by atoms with Crippen molar-refractivity contribution in [1.29, 1.82) is 0 Å². The van der Waals surface area contributed by atoms with Crippen LogP contribution in [0.15, 0.2) is 109 Å². The normalized spacial score (nSPS) is 11.9. The van der Waals surface area contributed by atoms with Gasteiger partial charge < -0.3 is 0 Å². The SMILES string of the molecule is c1cnc2c(c1)ccc1ccc(-c3ccc(-c4ccc5sc6c(nc7ccccn76)c5c4)cc3)nc12. The molecule has 0 aliphatic carbocycles. The molecule has 5 heteroatoms. The van der Waals surface area contributed by atoms with E-state index in [-0.39, 0.29) is 0 Å². The minimum absolute atomic E-state index is 0.939. The van der Waals surface area contributed by atoms with Gasteiger partial charge in [0, 0.05) is 38.8 Å². The van der Waals surface area contributed by atoms with E-state index in [0.717, 1.165) is 44.2 Å². The average Bonchev–Trinajstić information content (AvgIpc) is 3.49. The van der Waals surface area contributed by atoms with Gasteiger partial charge in [0.1, 0.15) is 16.0 Å². The van der Waals surface area contributed by atoms with Crippen LogP contribution in [0.25, 0.3) is 70.3 Å². The molecule has 5 aromatic heterocycles. The maximum atomic E-state index is 4.99. The van der Waals surface area contributed by atoms with Crippen LogP contribution in [0.1, 0.15) is 0 Å². The number of nitrogens with zero attached hydrogens (tertiary/aromatic N) is 4. The molecular formula is C31H18N4S. The number of hydrogen-bond donors (Lipinski definition) is 0. The Bertz CT molecular complexity index is 2100. The maximum Gasteiger partial charge on any atom is 0.138 e. The lowest BCUT2D eigenvalue weighted by atomic mass is 10.0. The van der Waals surface area contributed by atoms with E-state index in [0.29, 0.717) is 0 Å². The monoisotopic (exact) mass is 478 g/mol. The minimum atomic E-state index is 0.939. The summed E-state index contributed by atoms with van der Waals surface area (Å²) in [5.74, 6) is 0. The number of fused-ring (bicyclic) bond motifs is 8. The van der Waals surface area contributed by atoms with Gasteiger partial charge in [-0.2, -0.15) is 0 Å². The van der Waals surface area contributed by atoms with E-state index in [1.807, 2.05) is 18.3 Å². The first-order valence-corrected chi connectivity index (χ1v) is 12.7. The molecule has 8 rings (SSSR count). The third-order valence-corrected chi connectivity index (χ3v) is 8.03. The highest BCUT2D eigenvalue weighted by Gasteiger charge is 2.13. The molecule has 0 spiro atoms. The summed E-state index contributed by atoms with van der Waals surface area (Å²) < 4.78 is 3.43. The standard InChI is InChI=1S/C31H18N4S/c1-2-17-35-27(5-1)34-30-24-18-23(13-15-26(24)36-31(30)35)19-6-8-20(9-7-19)25-14-12-22-11-10-21-4-3-16-32-28(21)29(22)33-25/h1-18H. The smallest absolute Gasteiger partial charge is 0.138 e. The molecule has 0 N–H and O–H groups in total. The molecule has 0 saturated carbocycles. The van der Waals surface area contributed by atoms with Crippen molar-refractivity contribution in [2.45, 2.75) is 0 Å². The Morgan fingerprint density at radius 3 is 2.33 bits per heavy atom. The molecule has 0 amide bonds. The van der Waals surface area contributed by atoms with Crippen molar-refractivity contribution in [2.75, 3.05) is 0 Å². The van der Waals surface area contributed by atoms with E-state index >= 15 is 0 Å². The molecule has 0 bridgehead atoms. The summed E-state index contributed by atoms with van der Waals surface area (Å²) in [4.78, 5) is 15.7. The van der Waals surface area contributed by atoms with Gasteiger partial charge in [0.05, 0.1) is 16.7 Å². The van der Waals surface area contributed by atoms with Gasteiger partial charge in [-0.25, -0.2) is 9.97 Å². The molecule has 168 valence electrons. The molecule has 0 aliphatic heterocycles. The second-order valence-electron chi connectivity index (χ2n) is 8.99. The summed E-state index contributed by atoms with van der Waals surface area (Å²) in [6, 6.07) is 33.9. The summed E-state index contributed by atoms with van der Waals surface area (Å²) in [7, 11) is 0. The zero-order valence-electron chi connectivity index (χ0n) is 19.1. The van der Waals surface area contributed by atoms with Crippen molar-refractivity contribution in [3.63, 3.8) is 0 Å². The Kier molecular flexibility index (Phi) is 4.07. The van der Waals surface area contributed by atoms with E-state index in [1.165, 1.54) is 26.0 Å². The lowest BCUT2D eigenvalue weighted by molar-refractivity contribution is 1.24. The number of pyridine rings is 3. The van der Waals surface area contributed by atoms with Gasteiger partial charge in [-0.1, -0.05) is 60.7 Å². The highest BCUT2D eigenvalue weighted by molar-refractivity contribution is 7.25. The molecular weight excluding hydrogens is 460 g/mol. The van der Waals surface area contributed by atoms with Crippen LogP contribution in [-0.2, 0) is 0 Å². The Balaban J connectivity index is 1.21. The summed E-state index contributed by atoms with van der Waals surface area (Å²) in [6.45, 7) is 0. The zero-order valence-corrected chi connectivity index (χ0v) is 19.9. The van der Waals surface area contributed by atoms with Crippen molar-refractivity contribution in [2.24, 2.45) is 0 Å². The minimum Gasteiger partial charge on any atom is -0.291 e. The lowest BCUT2D eigenvalue weighted by Gasteiger charge is -2.07. The van der Waals surface area contributed by atoms with E-state index < -0.39 is 0 Å². The fourth-order valence-electron chi connectivity index (χ4n) is 5.05. The van der Waals surface area contributed by atoms with Crippen LogP contribution >= 0.6 is 11.3 Å². The topological polar surface area (TPSA) is 43.1 Å². The summed E-state index contributed by atoms with van der Waals surface area (Å²) >= 11 is 1.79. The fraction of sp³-hybridized carbons (Fsp3) is 0. The molecule has 8 aromatic rings. The van der Waals surface area contributed by atoms with Gasteiger partial charge in [-0.15, -0.1) is 11.3 Å². The molecule has 0 unspecified atom stereocenters. The Hall–Kier alpha value is -4.61. The lowest BCUT2D eigenvalue weighted by Crippen LogP contribution is -1.88. The van der Waals surface area contributed by atoms with Crippen LogP contribution in [0.3, 0.4) is 0 Å². The Morgan fingerprint density at radius 2 is 1.42 bits per heavy atom. The van der Waals surface area contributed by atoms with Gasteiger partial charge >= 0.3 is 0 Å². The number of thiophene rings is 1. The van der Waals surface area contributed by atoms with Crippen molar-refractivity contribution in [3.05, 3.63) is 109 Å². The molecule has 0 fully saturated rings. The van der Waals surface area contributed by atoms with Crippen LogP contribution in [-0.4, -0.2) is 19.4 Å². The van der Waals surface area contributed by atoms with Gasteiger partial charge in [-0.05, 0) is 47.5 Å². The molecule has 0 aliphatic rings. The van der Waals surface area contributed by atoms with Crippen LogP contribution in [0.4, 0.5) is 0 Å². The number of rotatable bonds is 2. The third-order valence-electron chi connectivity index (χ3n) is 6.87. The number of hydrogen-bond acceptors (Lipinski definition) is 4. The van der Waals surface area contributed by atoms with Crippen LogP contribution in [0, 0.1) is 0 Å². The van der Waals surface area contributed by atoms with Crippen molar-refractivity contribution in [1.82, 2.24) is 19.4 Å². The predicted molar refractivity (Wildman–Crippen MR) is 150 cm³/mol. The highest BCUT2D eigenvalue weighted by Crippen LogP contribution is 2.37. The molecule has 5 heterocycles. The molecule has 0 saturated heterocycles. The van der Waals surface area contributed by atoms with Crippen molar-refractivity contribution < 1.29 is 0 Å². The van der Waals surface area contributed by atoms with Crippen LogP contribution in [0.2, 0.25) is 0 Å². The highest BCUT2D eigenvalue weighted by atomic mass is 32.1. The van der Waals surface area contributed by atoms with Crippen LogP contribution in [0.5, 0.6) is 0 Å². The van der Waals surface area contributed by atoms with Crippen molar-refractivity contribution >= 4 is 59.2 Å².